The molecule has 11 rings (SSSR count). The predicted molar refractivity (Wildman–Crippen MR) is 215 cm³/mol. The molecule has 3 heterocycles. The highest BCUT2D eigenvalue weighted by Gasteiger charge is 2.20. The van der Waals surface area contributed by atoms with Gasteiger partial charge in [0.25, 0.3) is 0 Å². The molecule has 0 amide bonds. The number of fused-ring (bicyclic) bond motifs is 6. The third-order valence-corrected chi connectivity index (χ3v) is 11.3. The summed E-state index contributed by atoms with van der Waals surface area (Å²) in [4.78, 5) is 10.2. The van der Waals surface area contributed by atoms with Crippen molar-refractivity contribution in [2.24, 2.45) is 0 Å². The summed E-state index contributed by atoms with van der Waals surface area (Å²) >= 11 is 1.84. The zero-order valence-electron chi connectivity index (χ0n) is 27.6. The fraction of sp³-hybridized carbons (Fsp3) is 0. The third-order valence-electron chi connectivity index (χ3n) is 10.2. The first-order chi connectivity index (χ1) is 25.7. The highest BCUT2D eigenvalue weighted by atomic mass is 32.1. The van der Waals surface area contributed by atoms with Crippen molar-refractivity contribution in [3.63, 3.8) is 0 Å². The van der Waals surface area contributed by atoms with E-state index < -0.39 is 0 Å². The van der Waals surface area contributed by atoms with Crippen LogP contribution in [0.1, 0.15) is 5.56 Å². The Morgan fingerprint density at radius 2 is 1.12 bits per heavy atom. The van der Waals surface area contributed by atoms with E-state index in [9.17, 15) is 5.26 Å². The number of aromatic nitrogens is 2. The molecule has 0 aliphatic carbocycles. The number of benzene rings is 8. The van der Waals surface area contributed by atoms with Crippen LogP contribution in [0.3, 0.4) is 0 Å². The van der Waals surface area contributed by atoms with Crippen LogP contribution in [0.25, 0.3) is 109 Å². The fourth-order valence-corrected chi connectivity index (χ4v) is 9.08. The summed E-state index contributed by atoms with van der Waals surface area (Å²) in [5.74, 6) is 0.615. The highest BCUT2D eigenvalue weighted by Crippen LogP contribution is 2.47. The Bertz CT molecular complexity index is 3260. The molecule has 0 fully saturated rings. The van der Waals surface area contributed by atoms with E-state index in [0.29, 0.717) is 17.0 Å². The van der Waals surface area contributed by atoms with Gasteiger partial charge in [0.15, 0.2) is 11.4 Å². The molecule has 0 unspecified atom stereocenters. The third kappa shape index (κ3) is 4.32. The Morgan fingerprint density at radius 1 is 0.481 bits per heavy atom. The molecule has 52 heavy (non-hydrogen) atoms. The Labute approximate surface area is 301 Å². The summed E-state index contributed by atoms with van der Waals surface area (Å²) in [6.07, 6.45) is 0. The van der Waals surface area contributed by atoms with Crippen LogP contribution >= 0.6 is 11.3 Å². The zero-order valence-corrected chi connectivity index (χ0v) is 28.4. The van der Waals surface area contributed by atoms with E-state index >= 15 is 0 Å². The first-order valence-corrected chi connectivity index (χ1v) is 18.0. The van der Waals surface area contributed by atoms with Gasteiger partial charge in [0.1, 0.15) is 16.8 Å². The molecule has 0 N–H and O–H groups in total. The van der Waals surface area contributed by atoms with Gasteiger partial charge in [-0.2, -0.15) is 5.26 Å². The van der Waals surface area contributed by atoms with Crippen molar-refractivity contribution in [2.75, 3.05) is 0 Å². The molecule has 5 heteroatoms. The minimum atomic E-state index is 0.611. The van der Waals surface area contributed by atoms with E-state index in [0.717, 1.165) is 55.6 Å². The van der Waals surface area contributed by atoms with Gasteiger partial charge in [0.05, 0.1) is 11.6 Å². The van der Waals surface area contributed by atoms with Crippen molar-refractivity contribution in [3.05, 3.63) is 157 Å². The van der Waals surface area contributed by atoms with Gasteiger partial charge in [-0.25, -0.2) is 9.97 Å². The number of rotatable bonds is 4. The molecule has 240 valence electrons. The highest BCUT2D eigenvalue weighted by molar-refractivity contribution is 7.26. The van der Waals surface area contributed by atoms with Gasteiger partial charge in [0, 0.05) is 36.7 Å². The molecule has 4 nitrogen and oxygen atoms in total. The first kappa shape index (κ1) is 28.9. The molecule has 3 aromatic heterocycles. The van der Waals surface area contributed by atoms with Crippen molar-refractivity contribution in [1.82, 2.24) is 9.97 Å². The second-order valence-electron chi connectivity index (χ2n) is 13.3. The van der Waals surface area contributed by atoms with Gasteiger partial charge < -0.3 is 4.42 Å². The fourth-order valence-electron chi connectivity index (χ4n) is 7.88. The molecule has 0 aliphatic rings. The van der Waals surface area contributed by atoms with Crippen LogP contribution in [-0.2, 0) is 0 Å². The number of thiophene rings is 1. The number of para-hydroxylation sites is 1. The van der Waals surface area contributed by atoms with E-state index in [4.69, 9.17) is 14.4 Å². The van der Waals surface area contributed by atoms with E-state index in [1.165, 1.54) is 41.7 Å². The molecule has 0 bridgehead atoms. The van der Waals surface area contributed by atoms with Crippen molar-refractivity contribution >= 4 is 75.1 Å². The first-order valence-electron chi connectivity index (χ1n) is 17.2. The number of furan rings is 1. The van der Waals surface area contributed by atoms with Gasteiger partial charge in [-0.15, -0.1) is 11.3 Å². The Kier molecular flexibility index (Phi) is 6.15. The van der Waals surface area contributed by atoms with Crippen molar-refractivity contribution < 1.29 is 4.42 Å². The predicted octanol–water partition coefficient (Wildman–Crippen LogP) is 13.0. The maximum absolute atomic E-state index is 10.2. The minimum absolute atomic E-state index is 0.611. The lowest BCUT2D eigenvalue weighted by Gasteiger charge is -2.13. The second kappa shape index (κ2) is 11.1. The normalized spacial score (nSPS) is 11.8. The molecular weight excluding hydrogens is 655 g/mol. The molecule has 0 saturated carbocycles. The Balaban J connectivity index is 1.09. The number of hydrogen-bond donors (Lipinski definition) is 0. The van der Waals surface area contributed by atoms with Crippen LogP contribution in [0.5, 0.6) is 0 Å². The zero-order chi connectivity index (χ0) is 34.3. The quantitative estimate of drug-likeness (QED) is 0.174. The van der Waals surface area contributed by atoms with Gasteiger partial charge in [-0.3, -0.25) is 0 Å². The van der Waals surface area contributed by atoms with Crippen LogP contribution in [0.15, 0.2) is 156 Å². The summed E-state index contributed by atoms with van der Waals surface area (Å²) < 4.78 is 8.88. The standard InChI is InChI=1S/C47H25N3OS/c48-26-27-20-31(23-32(21-27)33-24-38-35-15-5-4-14-34(35)36-17-9-19-40-42(36)43(38)41(25-33)52-40)29-12-8-13-30(22-29)47-49-44(28-10-2-1-3-11-28)46-45(50-47)37-16-6-7-18-39(37)51-46/h1-25H. The minimum Gasteiger partial charge on any atom is -0.452 e. The van der Waals surface area contributed by atoms with E-state index in [1.807, 2.05) is 90.2 Å². The molecule has 0 atom stereocenters. The monoisotopic (exact) mass is 679 g/mol. The molecule has 11 aromatic rings. The average molecular weight is 680 g/mol. The van der Waals surface area contributed by atoms with Gasteiger partial charge in [-0.1, -0.05) is 97.1 Å². The van der Waals surface area contributed by atoms with Crippen LogP contribution in [-0.4, -0.2) is 9.97 Å². The molecule has 0 saturated heterocycles. The van der Waals surface area contributed by atoms with Crippen LogP contribution in [0.4, 0.5) is 0 Å². The van der Waals surface area contributed by atoms with E-state index in [-0.39, 0.29) is 0 Å². The topological polar surface area (TPSA) is 62.7 Å². The Morgan fingerprint density at radius 3 is 1.96 bits per heavy atom. The summed E-state index contributed by atoms with van der Waals surface area (Å²) in [5.41, 5.74) is 9.49. The molecule has 0 spiro atoms. The molecular formula is C47H25N3OS. The molecule has 8 aromatic carbocycles. The lowest BCUT2D eigenvalue weighted by atomic mass is 9.91. The molecule has 0 radical (unpaired) electrons. The van der Waals surface area contributed by atoms with Gasteiger partial charge in [0.2, 0.25) is 0 Å². The van der Waals surface area contributed by atoms with Crippen LogP contribution in [0, 0.1) is 11.3 Å². The SMILES string of the molecule is N#Cc1cc(-c2cccc(-c3nc(-c4ccccc4)c4oc5ccccc5c4n3)c2)cc(-c2cc3sc4cccc5c6ccccc6c(c2)c3c45)c1. The van der Waals surface area contributed by atoms with Crippen molar-refractivity contribution in [1.29, 1.82) is 5.26 Å². The summed E-state index contributed by atoms with van der Waals surface area (Å²) in [7, 11) is 0. The number of nitriles is 1. The maximum atomic E-state index is 10.2. The summed E-state index contributed by atoms with van der Waals surface area (Å²) in [6.45, 7) is 0. The lowest BCUT2D eigenvalue weighted by Crippen LogP contribution is -1.94. The van der Waals surface area contributed by atoms with Crippen LogP contribution < -0.4 is 0 Å². The van der Waals surface area contributed by atoms with E-state index in [2.05, 4.69) is 78.9 Å². The summed E-state index contributed by atoms with van der Waals surface area (Å²) in [5, 5.41) is 18.9. The largest absolute Gasteiger partial charge is 0.452 e. The maximum Gasteiger partial charge on any atom is 0.180 e. The van der Waals surface area contributed by atoms with Gasteiger partial charge >= 0.3 is 0 Å². The Hall–Kier alpha value is -6.87. The number of nitrogens with zero attached hydrogens (tertiary/aromatic N) is 3. The lowest BCUT2D eigenvalue weighted by molar-refractivity contribution is 0.667. The van der Waals surface area contributed by atoms with E-state index in [1.54, 1.807) is 0 Å². The average Bonchev–Trinajstić information content (AvgIpc) is 3.79. The summed E-state index contributed by atoms with van der Waals surface area (Å²) in [6, 6.07) is 54.9. The van der Waals surface area contributed by atoms with Crippen molar-refractivity contribution in [2.45, 2.75) is 0 Å². The van der Waals surface area contributed by atoms with Crippen molar-refractivity contribution in [3.8, 4) is 51.0 Å². The smallest absolute Gasteiger partial charge is 0.180 e. The van der Waals surface area contributed by atoms with Gasteiger partial charge in [-0.05, 0) is 98.4 Å². The molecule has 0 aliphatic heterocycles. The second-order valence-corrected chi connectivity index (χ2v) is 14.3. The van der Waals surface area contributed by atoms with Crippen LogP contribution in [0.2, 0.25) is 0 Å². The number of hydrogen-bond acceptors (Lipinski definition) is 5.